The van der Waals surface area contributed by atoms with E-state index in [1.807, 2.05) is 30.3 Å². The monoisotopic (exact) mass is 410 g/mol. The van der Waals surface area contributed by atoms with Gasteiger partial charge in [0.2, 0.25) is 5.78 Å². The first kappa shape index (κ1) is 21.7. The molecule has 2 unspecified atom stereocenters. The van der Waals surface area contributed by atoms with Gasteiger partial charge in [-0.15, -0.1) is 0 Å². The summed E-state index contributed by atoms with van der Waals surface area (Å²) < 4.78 is 5.45. The largest absolute Gasteiger partial charge is 0.504 e. The molecule has 1 heterocycles. The van der Waals surface area contributed by atoms with Gasteiger partial charge in [0.05, 0.1) is 17.8 Å². The highest BCUT2D eigenvalue weighted by atomic mass is 16.6. The molecule has 0 bridgehead atoms. The van der Waals surface area contributed by atoms with Crippen molar-refractivity contribution >= 4 is 11.8 Å². The number of ether oxygens (including phenoxy) is 1. The topological polar surface area (TPSA) is 104 Å². The van der Waals surface area contributed by atoms with Gasteiger partial charge in [-0.05, 0) is 31.4 Å². The maximum absolute atomic E-state index is 13.0. The van der Waals surface area contributed by atoms with Crippen molar-refractivity contribution in [2.75, 3.05) is 0 Å². The number of esters is 1. The van der Waals surface area contributed by atoms with Crippen LogP contribution >= 0.6 is 0 Å². The number of aliphatic hydroxyl groups excluding tert-OH is 3. The molecule has 0 amide bonds. The van der Waals surface area contributed by atoms with E-state index in [0.717, 1.165) is 5.56 Å². The molecule has 0 saturated carbocycles. The van der Waals surface area contributed by atoms with Crippen LogP contribution in [0.25, 0.3) is 0 Å². The highest BCUT2D eigenvalue weighted by Crippen LogP contribution is 2.36. The molecule has 0 radical (unpaired) electrons. The number of carbonyl (C=O) groups excluding carboxylic acids is 2. The van der Waals surface area contributed by atoms with E-state index in [2.05, 4.69) is 0 Å². The first-order chi connectivity index (χ1) is 14.3. The smallest absolute Gasteiger partial charge is 0.339 e. The summed E-state index contributed by atoms with van der Waals surface area (Å²) in [5.41, 5.74) is 1.18. The van der Waals surface area contributed by atoms with Crippen LogP contribution in [-0.2, 0) is 20.7 Å². The number of rotatable bonds is 7. The average molecular weight is 410 g/mol. The molecule has 0 aromatic heterocycles. The second-order valence-corrected chi connectivity index (χ2v) is 7.68. The zero-order valence-corrected chi connectivity index (χ0v) is 16.9. The van der Waals surface area contributed by atoms with Crippen molar-refractivity contribution in [3.8, 4) is 0 Å². The summed E-state index contributed by atoms with van der Waals surface area (Å²) in [5.74, 6) is -4.00. The lowest BCUT2D eigenvalue weighted by Crippen LogP contribution is -2.46. The number of hydrogen-bond acceptors (Lipinski definition) is 6. The minimum atomic E-state index is -1.31. The Morgan fingerprint density at radius 1 is 0.900 bits per heavy atom. The number of aliphatic hydroxyl groups is 3. The molecule has 1 aliphatic heterocycles. The maximum atomic E-state index is 13.0. The van der Waals surface area contributed by atoms with Crippen LogP contribution < -0.4 is 0 Å². The predicted molar refractivity (Wildman–Crippen MR) is 111 cm³/mol. The minimum Gasteiger partial charge on any atom is -0.504 e. The number of ketones is 1. The van der Waals surface area contributed by atoms with Crippen LogP contribution in [0, 0.1) is 5.92 Å². The molecule has 158 valence electrons. The maximum Gasteiger partial charge on any atom is 0.339 e. The van der Waals surface area contributed by atoms with E-state index in [-0.39, 0.29) is 5.57 Å². The van der Waals surface area contributed by atoms with E-state index in [4.69, 9.17) is 4.74 Å². The van der Waals surface area contributed by atoms with Crippen LogP contribution in [0.3, 0.4) is 0 Å². The highest BCUT2D eigenvalue weighted by molar-refractivity contribution is 6.09. The van der Waals surface area contributed by atoms with E-state index in [9.17, 15) is 24.9 Å². The molecule has 6 nitrogen and oxygen atoms in total. The minimum absolute atomic E-state index is 0.262. The van der Waals surface area contributed by atoms with Crippen LogP contribution in [-0.4, -0.2) is 45.4 Å². The molecule has 0 aliphatic carbocycles. The molecule has 3 N–H and O–H groups in total. The summed E-state index contributed by atoms with van der Waals surface area (Å²) >= 11 is 0. The summed E-state index contributed by atoms with van der Waals surface area (Å²) in [6.45, 7) is 3.00. The van der Waals surface area contributed by atoms with Crippen molar-refractivity contribution in [1.82, 2.24) is 0 Å². The molecule has 2 aromatic rings. The second-order valence-electron chi connectivity index (χ2n) is 7.68. The lowest BCUT2D eigenvalue weighted by molar-refractivity contribution is -0.161. The number of carbonyl (C=O) groups is 2. The number of Topliss-reactive ketones (excluding diaryl/α,β-unsaturated/α-hetero) is 1. The Labute approximate surface area is 175 Å². The SMILES string of the molecule is C[C@H](O)C(Cc1ccccc1)[C@@H]1OC(=O)C(C(c2ccccc2)[C@@H](C)O)=C(O)C1=O. The molecule has 1 aliphatic rings. The average Bonchev–Trinajstić information content (AvgIpc) is 2.73. The van der Waals surface area contributed by atoms with Crippen molar-refractivity contribution in [3.05, 3.63) is 83.1 Å². The molecule has 0 saturated heterocycles. The fourth-order valence-electron chi connectivity index (χ4n) is 3.92. The fraction of sp³-hybridized carbons (Fsp3) is 0.333. The van der Waals surface area contributed by atoms with Gasteiger partial charge in [-0.3, -0.25) is 4.79 Å². The van der Waals surface area contributed by atoms with Crippen molar-refractivity contribution in [2.24, 2.45) is 5.92 Å². The van der Waals surface area contributed by atoms with E-state index >= 15 is 0 Å². The lowest BCUT2D eigenvalue weighted by atomic mass is 9.81. The molecular formula is C24H26O6. The van der Waals surface area contributed by atoms with Crippen molar-refractivity contribution in [2.45, 2.75) is 44.5 Å². The molecule has 2 aromatic carbocycles. The molecule has 0 spiro atoms. The zero-order chi connectivity index (χ0) is 21.8. The predicted octanol–water partition coefficient (Wildman–Crippen LogP) is 2.70. The Morgan fingerprint density at radius 2 is 1.47 bits per heavy atom. The van der Waals surface area contributed by atoms with Gasteiger partial charge < -0.3 is 20.1 Å². The molecule has 30 heavy (non-hydrogen) atoms. The summed E-state index contributed by atoms with van der Waals surface area (Å²) in [7, 11) is 0. The highest BCUT2D eigenvalue weighted by Gasteiger charge is 2.45. The summed E-state index contributed by atoms with van der Waals surface area (Å²) in [5, 5.41) is 31.3. The van der Waals surface area contributed by atoms with Crippen LogP contribution in [0.1, 0.15) is 30.9 Å². The Bertz CT molecular complexity index is 917. The molecule has 0 fully saturated rings. The van der Waals surface area contributed by atoms with Crippen molar-refractivity contribution in [1.29, 1.82) is 0 Å². The first-order valence-corrected chi connectivity index (χ1v) is 9.94. The second kappa shape index (κ2) is 9.24. The van der Waals surface area contributed by atoms with E-state index < -0.39 is 47.7 Å². The Morgan fingerprint density at radius 3 is 2.00 bits per heavy atom. The third-order valence-electron chi connectivity index (χ3n) is 5.48. The molecular weight excluding hydrogens is 384 g/mol. The summed E-state index contributed by atoms with van der Waals surface area (Å²) in [4.78, 5) is 25.9. The number of hydrogen-bond donors (Lipinski definition) is 3. The van der Waals surface area contributed by atoms with Gasteiger partial charge in [0.1, 0.15) is 0 Å². The Kier molecular flexibility index (Phi) is 6.70. The van der Waals surface area contributed by atoms with Gasteiger partial charge >= 0.3 is 5.97 Å². The van der Waals surface area contributed by atoms with Gasteiger partial charge in [0.15, 0.2) is 11.9 Å². The van der Waals surface area contributed by atoms with Gasteiger partial charge in [-0.2, -0.15) is 0 Å². The number of cyclic esters (lactones) is 1. The van der Waals surface area contributed by atoms with Gasteiger partial charge in [-0.1, -0.05) is 60.7 Å². The van der Waals surface area contributed by atoms with Crippen LogP contribution in [0.4, 0.5) is 0 Å². The normalized spacial score (nSPS) is 21.0. The van der Waals surface area contributed by atoms with E-state index in [0.29, 0.717) is 12.0 Å². The van der Waals surface area contributed by atoms with E-state index in [1.54, 1.807) is 30.3 Å². The third kappa shape index (κ3) is 4.45. The summed E-state index contributed by atoms with van der Waals surface area (Å²) in [6, 6.07) is 17.9. The Balaban J connectivity index is 1.97. The quantitative estimate of drug-likeness (QED) is 0.607. The molecule has 3 rings (SSSR count). The van der Waals surface area contributed by atoms with Gasteiger partial charge in [0.25, 0.3) is 0 Å². The first-order valence-electron chi connectivity index (χ1n) is 9.94. The fourth-order valence-corrected chi connectivity index (χ4v) is 3.92. The summed E-state index contributed by atoms with van der Waals surface area (Å²) in [6.07, 6.45) is -3.02. The Hall–Kier alpha value is -2.96. The van der Waals surface area contributed by atoms with Gasteiger partial charge in [0, 0.05) is 11.8 Å². The van der Waals surface area contributed by atoms with Crippen molar-refractivity contribution < 1.29 is 29.6 Å². The van der Waals surface area contributed by atoms with Crippen LogP contribution in [0.2, 0.25) is 0 Å². The molecule has 5 atom stereocenters. The lowest BCUT2D eigenvalue weighted by Gasteiger charge is -2.33. The number of benzene rings is 2. The van der Waals surface area contributed by atoms with Crippen molar-refractivity contribution in [3.63, 3.8) is 0 Å². The molecule has 6 heteroatoms. The zero-order valence-electron chi connectivity index (χ0n) is 16.9. The third-order valence-corrected chi connectivity index (χ3v) is 5.48. The van der Waals surface area contributed by atoms with Crippen LogP contribution in [0.5, 0.6) is 0 Å². The van der Waals surface area contributed by atoms with Gasteiger partial charge in [-0.25, -0.2) is 4.79 Å². The standard InChI is InChI=1S/C24H26O6/c1-14(25)18(13-16-9-5-3-6-10-16)23-22(28)21(27)20(24(29)30-23)19(15(2)26)17-11-7-4-8-12-17/h3-12,14-15,18-19,23,25-27H,13H2,1-2H3/t14-,15+,18?,19?,23-/m0/s1. The van der Waals surface area contributed by atoms with Crippen LogP contribution in [0.15, 0.2) is 72.0 Å². The van der Waals surface area contributed by atoms with E-state index in [1.165, 1.54) is 13.8 Å².